The first-order valence-corrected chi connectivity index (χ1v) is 9.91. The molecule has 1 amide bonds. The van der Waals surface area contributed by atoms with Crippen molar-refractivity contribution in [2.75, 3.05) is 13.6 Å². The Morgan fingerprint density at radius 2 is 1.59 bits per heavy atom. The fraction of sp³-hybridized carbons (Fsp3) is 0.150. The van der Waals surface area contributed by atoms with Crippen LogP contribution in [0.1, 0.15) is 5.56 Å². The number of amides is 1. The zero-order chi connectivity index (χ0) is 19.5. The van der Waals surface area contributed by atoms with E-state index in [2.05, 4.69) is 10.6 Å². The van der Waals surface area contributed by atoms with E-state index in [1.165, 1.54) is 12.1 Å². The number of benzene rings is 3. The van der Waals surface area contributed by atoms with Crippen LogP contribution in [-0.4, -0.2) is 27.9 Å². The second kappa shape index (κ2) is 7.48. The van der Waals surface area contributed by atoms with E-state index in [4.69, 9.17) is 5.73 Å². The Labute approximate surface area is 158 Å². The molecular weight excluding hydrogens is 362 g/mol. The highest BCUT2D eigenvalue weighted by atomic mass is 32.2. The Morgan fingerprint density at radius 1 is 0.963 bits per heavy atom. The number of fused-ring (bicyclic) bond motifs is 1. The molecule has 0 saturated heterocycles. The highest BCUT2D eigenvalue weighted by Gasteiger charge is 2.45. The number of nitrogens with one attached hydrogen (secondary N) is 2. The molecule has 140 valence electrons. The Morgan fingerprint density at radius 3 is 2.30 bits per heavy atom. The predicted molar refractivity (Wildman–Crippen MR) is 106 cm³/mol. The van der Waals surface area contributed by atoms with Crippen LogP contribution in [-0.2, 0) is 19.6 Å². The smallest absolute Gasteiger partial charge is 0.236 e. The molecule has 0 aliphatic heterocycles. The summed E-state index contributed by atoms with van der Waals surface area (Å²) < 4.78 is 27.0. The molecule has 0 fully saturated rings. The fourth-order valence-corrected chi connectivity index (χ4v) is 4.63. The molecule has 1 unspecified atom stereocenters. The standard InChI is InChI=1S/C20H21N3O3S/c1-22-14-19(24)23-20(21,27(25,26)16-10-3-2-4-11-16)18-13-7-9-15-8-5-6-12-17(15)18/h2-13,22H,14,21H2,1H3,(H,23,24). The first-order chi connectivity index (χ1) is 12.9. The van der Waals surface area contributed by atoms with Crippen LogP contribution in [0.2, 0.25) is 0 Å². The Bertz CT molecular complexity index is 1060. The van der Waals surface area contributed by atoms with Crippen LogP contribution in [0, 0.1) is 0 Å². The minimum Gasteiger partial charge on any atom is -0.320 e. The third kappa shape index (κ3) is 3.44. The van der Waals surface area contributed by atoms with Crippen LogP contribution >= 0.6 is 0 Å². The lowest BCUT2D eigenvalue weighted by Gasteiger charge is -2.32. The van der Waals surface area contributed by atoms with Gasteiger partial charge in [-0.3, -0.25) is 10.5 Å². The van der Waals surface area contributed by atoms with Crippen LogP contribution in [0.15, 0.2) is 77.7 Å². The quantitative estimate of drug-likeness (QED) is 0.563. The zero-order valence-electron chi connectivity index (χ0n) is 14.8. The molecule has 27 heavy (non-hydrogen) atoms. The fourth-order valence-electron chi connectivity index (χ4n) is 3.03. The van der Waals surface area contributed by atoms with Gasteiger partial charge in [0.05, 0.1) is 11.4 Å². The van der Waals surface area contributed by atoms with Gasteiger partial charge < -0.3 is 10.6 Å². The van der Waals surface area contributed by atoms with Crippen molar-refractivity contribution in [2.45, 2.75) is 9.89 Å². The molecule has 0 radical (unpaired) electrons. The first kappa shape index (κ1) is 19.0. The molecule has 0 aliphatic rings. The summed E-state index contributed by atoms with van der Waals surface area (Å²) in [5, 5.41) is 6.73. The highest BCUT2D eigenvalue weighted by molar-refractivity contribution is 7.92. The number of hydrogen-bond donors (Lipinski definition) is 3. The number of rotatable bonds is 6. The van der Waals surface area contributed by atoms with Gasteiger partial charge in [0.2, 0.25) is 20.7 Å². The van der Waals surface area contributed by atoms with Gasteiger partial charge in [0.15, 0.2) is 0 Å². The van der Waals surface area contributed by atoms with Crippen LogP contribution in [0.25, 0.3) is 10.8 Å². The monoisotopic (exact) mass is 383 g/mol. The molecule has 4 N–H and O–H groups in total. The van der Waals surface area contributed by atoms with Crippen LogP contribution in [0.5, 0.6) is 0 Å². The maximum Gasteiger partial charge on any atom is 0.236 e. The maximum absolute atomic E-state index is 13.5. The van der Waals surface area contributed by atoms with Crippen molar-refractivity contribution < 1.29 is 13.2 Å². The van der Waals surface area contributed by atoms with E-state index in [-0.39, 0.29) is 11.4 Å². The number of sulfone groups is 1. The zero-order valence-corrected chi connectivity index (χ0v) is 15.7. The van der Waals surface area contributed by atoms with Crippen molar-refractivity contribution in [1.82, 2.24) is 10.6 Å². The van der Waals surface area contributed by atoms with Gasteiger partial charge in [0.1, 0.15) is 0 Å². The van der Waals surface area contributed by atoms with E-state index in [1.54, 1.807) is 49.5 Å². The van der Waals surface area contributed by atoms with Crippen LogP contribution in [0.3, 0.4) is 0 Å². The van der Waals surface area contributed by atoms with Gasteiger partial charge in [-0.2, -0.15) is 0 Å². The summed E-state index contributed by atoms with van der Waals surface area (Å²) in [5.41, 5.74) is 6.79. The molecule has 6 nitrogen and oxygen atoms in total. The van der Waals surface area contributed by atoms with E-state index in [0.717, 1.165) is 5.39 Å². The summed E-state index contributed by atoms with van der Waals surface area (Å²) in [4.78, 5) is 10.2. The van der Waals surface area contributed by atoms with E-state index in [1.807, 2.05) is 18.2 Å². The lowest BCUT2D eigenvalue weighted by atomic mass is 10.0. The van der Waals surface area contributed by atoms with Gasteiger partial charge in [-0.15, -0.1) is 0 Å². The summed E-state index contributed by atoms with van der Waals surface area (Å²) in [6.07, 6.45) is 0. The minimum atomic E-state index is -4.14. The number of carbonyl (C=O) groups excluding carboxylic acids is 1. The second-order valence-electron chi connectivity index (χ2n) is 6.16. The highest BCUT2D eigenvalue weighted by Crippen LogP contribution is 2.33. The number of hydrogen-bond acceptors (Lipinski definition) is 5. The minimum absolute atomic E-state index is 0.0326. The average molecular weight is 383 g/mol. The van der Waals surface area contributed by atoms with Crippen molar-refractivity contribution in [2.24, 2.45) is 5.73 Å². The average Bonchev–Trinajstić information content (AvgIpc) is 2.68. The molecule has 3 aromatic rings. The largest absolute Gasteiger partial charge is 0.320 e. The lowest BCUT2D eigenvalue weighted by Crippen LogP contribution is -2.59. The van der Waals surface area contributed by atoms with Crippen molar-refractivity contribution in [1.29, 1.82) is 0 Å². The van der Waals surface area contributed by atoms with Gasteiger partial charge in [-0.25, -0.2) is 8.42 Å². The van der Waals surface area contributed by atoms with Crippen LogP contribution < -0.4 is 16.4 Å². The third-order valence-electron chi connectivity index (χ3n) is 4.33. The lowest BCUT2D eigenvalue weighted by molar-refractivity contribution is -0.121. The Hall–Kier alpha value is -2.74. The molecule has 3 aromatic carbocycles. The SMILES string of the molecule is CNCC(=O)NC(N)(c1cccc2ccccc12)S(=O)(=O)c1ccccc1. The van der Waals surface area contributed by atoms with Gasteiger partial charge in [-0.05, 0) is 30.0 Å². The molecule has 3 rings (SSSR count). The number of nitrogens with two attached hydrogens (primary N) is 1. The predicted octanol–water partition coefficient (Wildman–Crippen LogP) is 1.72. The van der Waals surface area contributed by atoms with Crippen molar-refractivity contribution in [3.63, 3.8) is 0 Å². The first-order valence-electron chi connectivity index (χ1n) is 8.42. The van der Waals surface area contributed by atoms with Crippen molar-refractivity contribution in [3.8, 4) is 0 Å². The van der Waals surface area contributed by atoms with E-state index < -0.39 is 20.7 Å². The summed E-state index contributed by atoms with van der Waals surface area (Å²) in [7, 11) is -2.54. The molecule has 7 heteroatoms. The molecule has 0 saturated carbocycles. The molecule has 0 aromatic heterocycles. The summed E-state index contributed by atoms with van der Waals surface area (Å²) in [6.45, 7) is -0.0615. The molecule has 0 heterocycles. The Kier molecular flexibility index (Phi) is 5.27. The number of likely N-dealkylation sites (N-methyl/N-ethyl adjacent to an activating group) is 1. The van der Waals surface area contributed by atoms with E-state index in [0.29, 0.717) is 10.9 Å². The second-order valence-corrected chi connectivity index (χ2v) is 8.28. The van der Waals surface area contributed by atoms with E-state index in [9.17, 15) is 13.2 Å². The third-order valence-corrected chi connectivity index (χ3v) is 6.39. The summed E-state index contributed by atoms with van der Waals surface area (Å²) in [5.74, 6) is -0.521. The molecule has 0 spiro atoms. The summed E-state index contributed by atoms with van der Waals surface area (Å²) >= 11 is 0. The molecule has 1 atom stereocenters. The van der Waals surface area contributed by atoms with Gasteiger partial charge in [0.25, 0.3) is 0 Å². The normalized spacial score (nSPS) is 13.9. The molecule has 0 aliphatic carbocycles. The topological polar surface area (TPSA) is 101 Å². The van der Waals surface area contributed by atoms with E-state index >= 15 is 0 Å². The van der Waals surface area contributed by atoms with Crippen molar-refractivity contribution in [3.05, 3.63) is 78.4 Å². The van der Waals surface area contributed by atoms with Crippen molar-refractivity contribution >= 4 is 26.5 Å². The number of carbonyl (C=O) groups is 1. The Balaban J connectivity index is 2.26. The van der Waals surface area contributed by atoms with Gasteiger partial charge >= 0.3 is 0 Å². The summed E-state index contributed by atoms with van der Waals surface area (Å²) in [6, 6.07) is 20.4. The molecular formula is C20H21N3O3S. The van der Waals surface area contributed by atoms with Gasteiger partial charge in [-0.1, -0.05) is 60.7 Å². The maximum atomic E-state index is 13.5. The van der Waals surface area contributed by atoms with Crippen LogP contribution in [0.4, 0.5) is 0 Å². The molecule has 0 bridgehead atoms. The van der Waals surface area contributed by atoms with Gasteiger partial charge in [0, 0.05) is 5.56 Å².